The van der Waals surface area contributed by atoms with Crippen LogP contribution >= 0.6 is 11.3 Å². The lowest BCUT2D eigenvalue weighted by Gasteiger charge is -2.43. The molecule has 0 spiro atoms. The maximum Gasteiger partial charge on any atom is 0.348 e. The van der Waals surface area contributed by atoms with Crippen LogP contribution in [0.2, 0.25) is 0 Å². The first-order valence-electron chi connectivity index (χ1n) is 13.6. The number of hydrogen-bond donors (Lipinski definition) is 4. The van der Waals surface area contributed by atoms with Gasteiger partial charge in [0.15, 0.2) is 5.69 Å². The van der Waals surface area contributed by atoms with Crippen LogP contribution in [0.1, 0.15) is 44.4 Å². The highest BCUT2D eigenvalue weighted by Crippen LogP contribution is 2.34. The summed E-state index contributed by atoms with van der Waals surface area (Å²) in [5, 5.41) is 22.5. The maximum atomic E-state index is 13.5. The molecule has 204 valence electrons. The van der Waals surface area contributed by atoms with Crippen molar-refractivity contribution in [3.05, 3.63) is 64.4 Å². The van der Waals surface area contributed by atoms with Gasteiger partial charge < -0.3 is 15.4 Å². The average Bonchev–Trinajstić information content (AvgIpc) is 3.72. The van der Waals surface area contributed by atoms with E-state index in [4.69, 9.17) is 0 Å². The second-order valence-corrected chi connectivity index (χ2v) is 11.6. The number of nitrogens with zero attached hydrogens (tertiary/aromatic N) is 4. The lowest BCUT2D eigenvalue weighted by Crippen LogP contribution is -2.54. The first-order valence-corrected chi connectivity index (χ1v) is 14.4. The Morgan fingerprint density at radius 2 is 2.02 bits per heavy atom. The summed E-state index contributed by atoms with van der Waals surface area (Å²) in [4.78, 5) is 38.3. The van der Waals surface area contributed by atoms with E-state index in [1.54, 1.807) is 6.20 Å². The predicted octanol–water partition coefficient (Wildman–Crippen LogP) is 4.79. The number of thiazole rings is 1. The zero-order chi connectivity index (χ0) is 27.2. The minimum absolute atomic E-state index is 0.0412. The van der Waals surface area contributed by atoms with Crippen molar-refractivity contribution >= 4 is 50.7 Å². The molecule has 0 radical (unpaired) electrons. The minimum atomic E-state index is -1.15. The van der Waals surface area contributed by atoms with Gasteiger partial charge in [0.25, 0.3) is 5.91 Å². The monoisotopic (exact) mass is 555 g/mol. The summed E-state index contributed by atoms with van der Waals surface area (Å²) < 4.78 is 0. The smallest absolute Gasteiger partial charge is 0.348 e. The quantitative estimate of drug-likeness (QED) is 0.237. The number of anilines is 1. The molecular formula is C29H29N7O3S. The van der Waals surface area contributed by atoms with Crippen molar-refractivity contribution in [3.8, 4) is 11.1 Å². The molecular weight excluding hydrogens is 526 g/mol. The van der Waals surface area contributed by atoms with Crippen LogP contribution < -0.4 is 5.32 Å². The number of carboxylic acid groups (broad SMARTS) is 1. The highest BCUT2D eigenvalue weighted by Gasteiger charge is 2.30. The Labute approximate surface area is 234 Å². The van der Waals surface area contributed by atoms with Crippen molar-refractivity contribution in [2.45, 2.75) is 31.8 Å². The van der Waals surface area contributed by atoms with Crippen LogP contribution in [0.4, 0.5) is 5.69 Å². The van der Waals surface area contributed by atoms with Crippen LogP contribution in [0.25, 0.3) is 32.9 Å². The van der Waals surface area contributed by atoms with E-state index in [2.05, 4.69) is 35.3 Å². The molecule has 5 aromatic rings. The largest absolute Gasteiger partial charge is 0.477 e. The Hall–Kier alpha value is -4.06. The molecule has 2 aliphatic rings. The predicted molar refractivity (Wildman–Crippen MR) is 155 cm³/mol. The number of nitrogens with one attached hydrogen (secondary N) is 3. The van der Waals surface area contributed by atoms with Gasteiger partial charge in [-0.25, -0.2) is 9.78 Å². The zero-order valence-electron chi connectivity index (χ0n) is 21.8. The van der Waals surface area contributed by atoms with Gasteiger partial charge in [0, 0.05) is 48.2 Å². The lowest BCUT2D eigenvalue weighted by atomic mass is 9.99. The van der Waals surface area contributed by atoms with Gasteiger partial charge in [-0.1, -0.05) is 18.6 Å². The number of H-pyrrole nitrogens is 2. The van der Waals surface area contributed by atoms with Crippen molar-refractivity contribution in [2.75, 3.05) is 31.5 Å². The first-order chi connectivity index (χ1) is 19.5. The fourth-order valence-corrected chi connectivity index (χ4v) is 7.06. The summed E-state index contributed by atoms with van der Waals surface area (Å²) >= 11 is 1.09. The first kappa shape index (κ1) is 24.9. The Morgan fingerprint density at radius 3 is 2.92 bits per heavy atom. The molecule has 2 fully saturated rings. The normalized spacial score (nSPS) is 18.2. The number of fused-ring (bicyclic) bond motifs is 3. The number of aromatic amines is 2. The fraction of sp³-hybridized carbons (Fsp3) is 0.310. The summed E-state index contributed by atoms with van der Waals surface area (Å²) in [5.41, 5.74) is 4.16. The topological polar surface area (TPSA) is 130 Å². The Kier molecular flexibility index (Phi) is 6.34. The van der Waals surface area contributed by atoms with Crippen molar-refractivity contribution in [1.29, 1.82) is 0 Å². The van der Waals surface area contributed by atoms with Gasteiger partial charge in [0.05, 0.1) is 23.9 Å². The molecule has 2 aliphatic heterocycles. The van der Waals surface area contributed by atoms with Crippen molar-refractivity contribution in [1.82, 2.24) is 30.0 Å². The number of hydrogen-bond acceptors (Lipinski definition) is 7. The van der Waals surface area contributed by atoms with E-state index in [0.717, 1.165) is 70.4 Å². The highest BCUT2D eigenvalue weighted by atomic mass is 32.1. The molecule has 0 saturated carbocycles. The van der Waals surface area contributed by atoms with Gasteiger partial charge in [-0.05, 0) is 54.8 Å². The van der Waals surface area contributed by atoms with Crippen molar-refractivity contribution in [2.24, 2.45) is 0 Å². The summed E-state index contributed by atoms with van der Waals surface area (Å²) in [6, 6.07) is 12.5. The third kappa shape index (κ3) is 4.55. The molecule has 2 saturated heterocycles. The molecule has 10 nitrogen and oxygen atoms in total. The molecule has 11 heteroatoms. The number of piperazine rings is 1. The van der Waals surface area contributed by atoms with E-state index in [-0.39, 0.29) is 10.6 Å². The van der Waals surface area contributed by atoms with Gasteiger partial charge in [-0.3, -0.25) is 19.7 Å². The second-order valence-electron chi connectivity index (χ2n) is 10.6. The van der Waals surface area contributed by atoms with E-state index in [9.17, 15) is 14.7 Å². The van der Waals surface area contributed by atoms with Crippen LogP contribution in [0.5, 0.6) is 0 Å². The third-order valence-electron chi connectivity index (χ3n) is 8.07. The number of carbonyl (C=O) groups is 2. The van der Waals surface area contributed by atoms with Crippen LogP contribution in [-0.4, -0.2) is 79.2 Å². The Morgan fingerprint density at radius 1 is 1.10 bits per heavy atom. The molecule has 5 heterocycles. The molecule has 1 atom stereocenters. The molecule has 4 N–H and O–H groups in total. The van der Waals surface area contributed by atoms with E-state index >= 15 is 0 Å². The number of amides is 1. The number of benzene rings is 2. The van der Waals surface area contributed by atoms with Crippen molar-refractivity contribution < 1.29 is 14.7 Å². The fourth-order valence-electron chi connectivity index (χ4n) is 6.11. The zero-order valence-corrected chi connectivity index (χ0v) is 22.6. The van der Waals surface area contributed by atoms with E-state index < -0.39 is 11.9 Å². The SMILES string of the molecule is O=C(Nc1cc(-c2cccc3[nH]ccc23)cc2[nH]ncc12)c1nc(CN2CCN3CCCCC3C2)sc1C(=O)O. The molecule has 0 aliphatic carbocycles. The summed E-state index contributed by atoms with van der Waals surface area (Å²) in [7, 11) is 0. The van der Waals surface area contributed by atoms with Gasteiger partial charge >= 0.3 is 5.97 Å². The number of aromatic carboxylic acids is 1. The molecule has 3 aromatic heterocycles. The number of carbonyl (C=O) groups excluding carboxylic acids is 1. The molecule has 1 amide bonds. The van der Waals surface area contributed by atoms with E-state index in [1.165, 1.54) is 19.3 Å². The molecule has 2 aromatic carbocycles. The molecule has 1 unspecified atom stereocenters. The third-order valence-corrected chi connectivity index (χ3v) is 9.10. The standard InChI is InChI=1S/C29H29N7O3S/c37-28(26-27(29(38)39)40-25(33-26)16-35-10-11-36-9-2-1-4-18(36)15-35)32-23-12-17(13-24-21(23)14-31-34-24)19-5-3-6-22-20(19)7-8-30-22/h3,5-8,12-14,18,30H,1-2,4,9-11,15-16H2,(H,31,34)(H,32,37)(H,38,39). The molecule has 40 heavy (non-hydrogen) atoms. The Balaban J connectivity index is 1.17. The van der Waals surface area contributed by atoms with Crippen LogP contribution in [0, 0.1) is 0 Å². The highest BCUT2D eigenvalue weighted by molar-refractivity contribution is 7.13. The summed E-state index contributed by atoms with van der Waals surface area (Å²) in [6.07, 6.45) is 7.27. The van der Waals surface area contributed by atoms with Crippen LogP contribution in [-0.2, 0) is 6.54 Å². The second kappa shape index (κ2) is 10.2. The van der Waals surface area contributed by atoms with E-state index in [0.29, 0.717) is 23.3 Å². The minimum Gasteiger partial charge on any atom is -0.477 e. The molecule has 7 rings (SSSR count). The number of aromatic nitrogens is 4. The Bertz CT molecular complexity index is 1740. The van der Waals surface area contributed by atoms with E-state index in [1.807, 2.05) is 42.6 Å². The number of rotatable bonds is 6. The van der Waals surface area contributed by atoms with Gasteiger partial charge in [0.1, 0.15) is 9.88 Å². The van der Waals surface area contributed by atoms with Crippen LogP contribution in [0.3, 0.4) is 0 Å². The maximum absolute atomic E-state index is 13.5. The van der Waals surface area contributed by atoms with Crippen molar-refractivity contribution in [3.63, 3.8) is 0 Å². The van der Waals surface area contributed by atoms with Crippen LogP contribution in [0.15, 0.2) is 48.8 Å². The van der Waals surface area contributed by atoms with Gasteiger partial charge in [-0.15, -0.1) is 11.3 Å². The van der Waals surface area contributed by atoms with Gasteiger partial charge in [-0.2, -0.15) is 5.10 Å². The van der Waals surface area contributed by atoms with Gasteiger partial charge in [0.2, 0.25) is 0 Å². The summed E-state index contributed by atoms with van der Waals surface area (Å²) in [5.74, 6) is -1.69. The summed E-state index contributed by atoms with van der Waals surface area (Å²) in [6.45, 7) is 4.59. The average molecular weight is 556 g/mol. The number of piperidine rings is 1. The molecule has 0 bridgehead atoms. The lowest BCUT2D eigenvalue weighted by molar-refractivity contribution is 0.0456. The number of carboxylic acids is 1.